The summed E-state index contributed by atoms with van der Waals surface area (Å²) in [6.45, 7) is 1.39. The number of fused-ring (bicyclic) bond motifs is 1. The quantitative estimate of drug-likeness (QED) is 0.393. The average Bonchev–Trinajstić information content (AvgIpc) is 3.26. The highest BCUT2D eigenvalue weighted by atomic mass is 32.1. The average molecular weight is 461 g/mol. The van der Waals surface area contributed by atoms with E-state index in [1.165, 1.54) is 11.3 Å². The number of amides is 1. The van der Waals surface area contributed by atoms with Gasteiger partial charge in [-0.05, 0) is 24.6 Å². The number of benzene rings is 2. The lowest BCUT2D eigenvalue weighted by Gasteiger charge is -2.09. The first-order valence-electron chi connectivity index (χ1n) is 10.2. The number of nitrogens with zero attached hydrogens (tertiary/aromatic N) is 1. The molecular formula is C25H20N2O5S. The fraction of sp³-hybridized carbons (Fsp3) is 0.120. The summed E-state index contributed by atoms with van der Waals surface area (Å²) in [5.41, 5.74) is 2.51. The molecule has 0 aliphatic rings. The number of hydrogen-bond acceptors (Lipinski definition) is 7. The predicted octanol–water partition coefficient (Wildman–Crippen LogP) is 4.94. The Bertz CT molecular complexity index is 1320. The molecule has 7 nitrogen and oxygen atoms in total. The maximum Gasteiger partial charge on any atom is 0.357 e. The highest BCUT2D eigenvalue weighted by Crippen LogP contribution is 2.36. The van der Waals surface area contributed by atoms with Crippen LogP contribution in [0, 0.1) is 0 Å². The minimum Gasteiger partial charge on any atom is -0.462 e. The second kappa shape index (κ2) is 10.1. The fourth-order valence-electron chi connectivity index (χ4n) is 3.23. The summed E-state index contributed by atoms with van der Waals surface area (Å²) in [5, 5.41) is 5.66. The summed E-state index contributed by atoms with van der Waals surface area (Å²) in [5.74, 6) is -1.82. The van der Waals surface area contributed by atoms with Gasteiger partial charge in [-0.25, -0.2) is 14.6 Å². The summed E-state index contributed by atoms with van der Waals surface area (Å²) in [7, 11) is 0. The van der Waals surface area contributed by atoms with Gasteiger partial charge in [0.15, 0.2) is 6.61 Å². The fourth-order valence-corrected chi connectivity index (χ4v) is 4.21. The van der Waals surface area contributed by atoms with Crippen molar-refractivity contribution >= 4 is 45.1 Å². The van der Waals surface area contributed by atoms with Crippen LogP contribution in [0.4, 0.5) is 5.00 Å². The normalized spacial score (nSPS) is 10.6. The standard InChI is InChI=1S/C25H20N2O5S/c1-2-31-25(30)22-18(16-8-4-3-5-9-16)15-33-23(22)27-21(28)14-32-24(29)20-13-12-17-10-6-7-11-19(17)26-20/h3-13,15H,2,14H2,1H3,(H,27,28). The zero-order chi connectivity index (χ0) is 23.2. The number of esters is 2. The van der Waals surface area contributed by atoms with Gasteiger partial charge in [0, 0.05) is 16.3 Å². The lowest BCUT2D eigenvalue weighted by Crippen LogP contribution is -2.22. The largest absolute Gasteiger partial charge is 0.462 e. The van der Waals surface area contributed by atoms with Crippen LogP contribution in [-0.2, 0) is 14.3 Å². The Morgan fingerprint density at radius 2 is 1.67 bits per heavy atom. The van der Waals surface area contributed by atoms with Crippen molar-refractivity contribution in [2.24, 2.45) is 0 Å². The van der Waals surface area contributed by atoms with Crippen LogP contribution in [0.2, 0.25) is 0 Å². The predicted molar refractivity (Wildman–Crippen MR) is 126 cm³/mol. The van der Waals surface area contributed by atoms with Crippen LogP contribution in [0.1, 0.15) is 27.8 Å². The smallest absolute Gasteiger partial charge is 0.357 e. The molecule has 0 spiro atoms. The first kappa shape index (κ1) is 22.2. The van der Waals surface area contributed by atoms with Gasteiger partial charge in [0.05, 0.1) is 12.1 Å². The number of para-hydroxylation sites is 1. The topological polar surface area (TPSA) is 94.6 Å². The third kappa shape index (κ3) is 5.07. The highest BCUT2D eigenvalue weighted by molar-refractivity contribution is 7.15. The number of aromatic nitrogens is 1. The van der Waals surface area contributed by atoms with Gasteiger partial charge in [0.25, 0.3) is 5.91 Å². The molecule has 4 aromatic rings. The molecule has 0 bridgehead atoms. The SMILES string of the molecule is CCOC(=O)c1c(-c2ccccc2)csc1NC(=O)COC(=O)c1ccc2ccccc2n1. The first-order chi connectivity index (χ1) is 16.1. The van der Waals surface area contributed by atoms with Crippen LogP contribution in [0.15, 0.2) is 72.1 Å². The summed E-state index contributed by atoms with van der Waals surface area (Å²) < 4.78 is 10.3. The molecule has 0 aliphatic heterocycles. The van der Waals surface area contributed by atoms with Crippen molar-refractivity contribution < 1.29 is 23.9 Å². The number of nitrogens with one attached hydrogen (secondary N) is 1. The molecule has 0 fully saturated rings. The van der Waals surface area contributed by atoms with Crippen molar-refractivity contribution in [3.05, 3.63) is 83.4 Å². The number of carbonyl (C=O) groups is 3. The van der Waals surface area contributed by atoms with Crippen LogP contribution >= 0.6 is 11.3 Å². The molecule has 0 aliphatic carbocycles. The molecule has 2 heterocycles. The Labute approximate surface area is 194 Å². The van der Waals surface area contributed by atoms with E-state index in [1.807, 2.05) is 48.5 Å². The number of rotatable bonds is 7. The summed E-state index contributed by atoms with van der Waals surface area (Å²) in [6.07, 6.45) is 0. The minimum absolute atomic E-state index is 0.108. The van der Waals surface area contributed by atoms with Gasteiger partial charge in [0.2, 0.25) is 0 Å². The van der Waals surface area contributed by atoms with E-state index < -0.39 is 24.5 Å². The second-order valence-electron chi connectivity index (χ2n) is 6.95. The molecule has 33 heavy (non-hydrogen) atoms. The number of pyridine rings is 1. The Balaban J connectivity index is 1.47. The van der Waals surface area contributed by atoms with Crippen molar-refractivity contribution in [3.63, 3.8) is 0 Å². The number of ether oxygens (including phenoxy) is 2. The molecule has 0 saturated heterocycles. The zero-order valence-corrected chi connectivity index (χ0v) is 18.6. The number of anilines is 1. The highest BCUT2D eigenvalue weighted by Gasteiger charge is 2.23. The van der Waals surface area contributed by atoms with Crippen molar-refractivity contribution in [3.8, 4) is 11.1 Å². The van der Waals surface area contributed by atoms with Crippen LogP contribution < -0.4 is 5.32 Å². The van der Waals surface area contributed by atoms with E-state index in [1.54, 1.807) is 30.5 Å². The van der Waals surface area contributed by atoms with E-state index in [-0.39, 0.29) is 17.9 Å². The first-order valence-corrected chi connectivity index (χ1v) is 11.1. The van der Waals surface area contributed by atoms with Crippen molar-refractivity contribution in [2.75, 3.05) is 18.5 Å². The van der Waals surface area contributed by atoms with Crippen molar-refractivity contribution in [1.29, 1.82) is 0 Å². The maximum absolute atomic E-state index is 12.6. The summed E-state index contributed by atoms with van der Waals surface area (Å²) in [4.78, 5) is 41.7. The van der Waals surface area contributed by atoms with E-state index in [0.29, 0.717) is 16.1 Å². The molecule has 0 radical (unpaired) electrons. The Hall–Kier alpha value is -4.04. The monoisotopic (exact) mass is 460 g/mol. The van der Waals surface area contributed by atoms with Crippen LogP contribution in [-0.4, -0.2) is 36.0 Å². The number of thiophene rings is 1. The molecule has 0 saturated carbocycles. The van der Waals surface area contributed by atoms with Gasteiger partial charge in [-0.2, -0.15) is 0 Å². The van der Waals surface area contributed by atoms with Gasteiger partial charge in [-0.3, -0.25) is 4.79 Å². The van der Waals surface area contributed by atoms with Gasteiger partial charge in [0.1, 0.15) is 16.3 Å². The summed E-state index contributed by atoms with van der Waals surface area (Å²) in [6, 6.07) is 20.0. The molecule has 4 rings (SSSR count). The van der Waals surface area contributed by atoms with E-state index in [0.717, 1.165) is 10.9 Å². The molecule has 1 amide bonds. The Morgan fingerprint density at radius 1 is 0.909 bits per heavy atom. The molecule has 0 unspecified atom stereocenters. The maximum atomic E-state index is 12.6. The van der Waals surface area contributed by atoms with Crippen LogP contribution in [0.25, 0.3) is 22.0 Å². The van der Waals surface area contributed by atoms with E-state index in [9.17, 15) is 14.4 Å². The molecule has 8 heteroatoms. The second-order valence-corrected chi connectivity index (χ2v) is 7.83. The third-order valence-corrected chi connectivity index (χ3v) is 5.65. The van der Waals surface area contributed by atoms with Gasteiger partial charge < -0.3 is 14.8 Å². The van der Waals surface area contributed by atoms with Crippen molar-refractivity contribution in [2.45, 2.75) is 6.92 Å². The van der Waals surface area contributed by atoms with Crippen LogP contribution in [0.3, 0.4) is 0 Å². The molecule has 2 aromatic carbocycles. The molecular weight excluding hydrogens is 440 g/mol. The van der Waals surface area contributed by atoms with Gasteiger partial charge in [-0.1, -0.05) is 54.6 Å². The summed E-state index contributed by atoms with van der Waals surface area (Å²) >= 11 is 1.20. The zero-order valence-electron chi connectivity index (χ0n) is 17.7. The number of hydrogen-bond donors (Lipinski definition) is 1. The van der Waals surface area contributed by atoms with Gasteiger partial charge >= 0.3 is 11.9 Å². The molecule has 2 aromatic heterocycles. The molecule has 1 N–H and O–H groups in total. The van der Waals surface area contributed by atoms with Gasteiger partial charge in [-0.15, -0.1) is 11.3 Å². The minimum atomic E-state index is -0.710. The lowest BCUT2D eigenvalue weighted by atomic mass is 10.0. The molecule has 0 atom stereocenters. The third-order valence-electron chi connectivity index (χ3n) is 4.75. The Morgan fingerprint density at radius 3 is 2.45 bits per heavy atom. The van der Waals surface area contributed by atoms with E-state index >= 15 is 0 Å². The van der Waals surface area contributed by atoms with Crippen molar-refractivity contribution in [1.82, 2.24) is 4.98 Å². The van der Waals surface area contributed by atoms with Crippen LogP contribution in [0.5, 0.6) is 0 Å². The van der Waals surface area contributed by atoms with E-state index in [2.05, 4.69) is 10.3 Å². The molecule has 166 valence electrons. The number of carbonyl (C=O) groups excluding carboxylic acids is 3. The van der Waals surface area contributed by atoms with E-state index in [4.69, 9.17) is 9.47 Å². The Kier molecular flexibility index (Phi) is 6.75. The lowest BCUT2D eigenvalue weighted by molar-refractivity contribution is -0.119.